The van der Waals surface area contributed by atoms with E-state index in [1.165, 1.54) is 6.92 Å². The fraction of sp³-hybridized carbons (Fsp3) is 0.308. The molecule has 196 valence electrons. The summed E-state index contributed by atoms with van der Waals surface area (Å²) in [6, 6.07) is 11.8. The lowest BCUT2D eigenvalue weighted by molar-refractivity contribution is -0.142. The van der Waals surface area contributed by atoms with Crippen molar-refractivity contribution >= 4 is 34.6 Å². The number of aliphatic carboxylic acids is 1. The molecule has 1 aromatic heterocycles. The fourth-order valence-corrected chi connectivity index (χ4v) is 3.81. The largest absolute Gasteiger partial charge is 0.480 e. The number of amides is 3. The third kappa shape index (κ3) is 7.38. The van der Waals surface area contributed by atoms with Gasteiger partial charge in [0.2, 0.25) is 17.7 Å². The Balaban J connectivity index is 1.72. The smallest absolute Gasteiger partial charge is 0.325 e. The Labute approximate surface area is 213 Å². The normalized spacial score (nSPS) is 14.2. The van der Waals surface area contributed by atoms with Crippen LogP contribution in [0.3, 0.4) is 0 Å². The van der Waals surface area contributed by atoms with Crippen molar-refractivity contribution in [2.75, 3.05) is 6.61 Å². The van der Waals surface area contributed by atoms with E-state index in [2.05, 4.69) is 20.9 Å². The molecule has 8 N–H and O–H groups in total. The summed E-state index contributed by atoms with van der Waals surface area (Å²) < 4.78 is 0. The molecular formula is C26H31N5O6. The van der Waals surface area contributed by atoms with Gasteiger partial charge in [0.1, 0.15) is 18.1 Å². The van der Waals surface area contributed by atoms with Crippen molar-refractivity contribution in [1.29, 1.82) is 0 Å². The maximum absolute atomic E-state index is 13.1. The molecule has 4 atom stereocenters. The summed E-state index contributed by atoms with van der Waals surface area (Å²) in [6.07, 6.45) is 2.11. The van der Waals surface area contributed by atoms with E-state index >= 15 is 0 Å². The van der Waals surface area contributed by atoms with Gasteiger partial charge in [-0.25, -0.2) is 0 Å². The number of aromatic amines is 1. The number of aromatic nitrogens is 1. The van der Waals surface area contributed by atoms with Crippen molar-refractivity contribution in [2.45, 2.75) is 43.9 Å². The number of aliphatic hydroxyl groups excluding tert-OH is 1. The van der Waals surface area contributed by atoms with E-state index in [0.29, 0.717) is 0 Å². The Bertz CT molecular complexity index is 1240. The molecule has 0 spiro atoms. The van der Waals surface area contributed by atoms with Crippen LogP contribution in [0.5, 0.6) is 0 Å². The topological polar surface area (TPSA) is 187 Å². The lowest BCUT2D eigenvalue weighted by Crippen LogP contribution is -2.58. The molecule has 11 heteroatoms. The average molecular weight is 510 g/mol. The van der Waals surface area contributed by atoms with Crippen LogP contribution in [0.15, 0.2) is 60.8 Å². The highest BCUT2D eigenvalue weighted by Crippen LogP contribution is 2.18. The zero-order chi connectivity index (χ0) is 26.9. The van der Waals surface area contributed by atoms with E-state index < -0.39 is 54.5 Å². The first kappa shape index (κ1) is 27.4. The Kier molecular flexibility index (Phi) is 9.36. The summed E-state index contributed by atoms with van der Waals surface area (Å²) in [5, 5.41) is 26.8. The van der Waals surface area contributed by atoms with Crippen molar-refractivity contribution in [3.63, 3.8) is 0 Å². The molecule has 3 aromatic rings. The third-order valence-electron chi connectivity index (χ3n) is 5.91. The quantitative estimate of drug-likeness (QED) is 0.177. The average Bonchev–Trinajstić information content (AvgIpc) is 3.29. The molecule has 0 saturated carbocycles. The fourth-order valence-electron chi connectivity index (χ4n) is 3.81. The SMILES string of the molecule is CC(NC(=O)C(CO)NC(=O)C(Cc1ccccc1)NC(=O)C(N)Cc1c[nH]c2ccccc12)C(=O)O. The van der Waals surface area contributed by atoms with Gasteiger partial charge in [-0.2, -0.15) is 0 Å². The highest BCUT2D eigenvalue weighted by atomic mass is 16.4. The van der Waals surface area contributed by atoms with Crippen LogP contribution in [-0.4, -0.2) is 69.7 Å². The minimum Gasteiger partial charge on any atom is -0.480 e. The van der Waals surface area contributed by atoms with Crippen LogP contribution in [0, 0.1) is 0 Å². The van der Waals surface area contributed by atoms with Crippen LogP contribution < -0.4 is 21.7 Å². The Morgan fingerprint density at radius 1 is 0.865 bits per heavy atom. The lowest BCUT2D eigenvalue weighted by Gasteiger charge is -2.24. The Morgan fingerprint density at radius 2 is 1.49 bits per heavy atom. The summed E-state index contributed by atoms with van der Waals surface area (Å²) in [6.45, 7) is 0.486. The molecular weight excluding hydrogens is 478 g/mol. The molecule has 0 fully saturated rings. The number of aliphatic hydroxyl groups is 1. The zero-order valence-electron chi connectivity index (χ0n) is 20.3. The van der Waals surface area contributed by atoms with Crippen molar-refractivity contribution in [2.24, 2.45) is 5.73 Å². The summed E-state index contributed by atoms with van der Waals surface area (Å²) in [5.41, 5.74) is 8.70. The van der Waals surface area contributed by atoms with Gasteiger partial charge in [0, 0.05) is 23.5 Å². The minimum absolute atomic E-state index is 0.101. The molecule has 1 heterocycles. The van der Waals surface area contributed by atoms with E-state index in [-0.39, 0.29) is 12.8 Å². The number of para-hydroxylation sites is 1. The molecule has 4 unspecified atom stereocenters. The number of carboxylic acid groups (broad SMARTS) is 1. The number of rotatable bonds is 12. The maximum atomic E-state index is 13.1. The number of carbonyl (C=O) groups excluding carboxylic acids is 3. The number of nitrogens with two attached hydrogens (primary N) is 1. The van der Waals surface area contributed by atoms with E-state index in [0.717, 1.165) is 22.0 Å². The highest BCUT2D eigenvalue weighted by molar-refractivity contribution is 5.94. The van der Waals surface area contributed by atoms with Gasteiger partial charge in [0.25, 0.3) is 0 Å². The first-order valence-corrected chi connectivity index (χ1v) is 11.8. The van der Waals surface area contributed by atoms with Gasteiger partial charge in [-0.1, -0.05) is 48.5 Å². The molecule has 3 rings (SSSR count). The molecule has 0 bridgehead atoms. The number of fused-ring (bicyclic) bond motifs is 1. The van der Waals surface area contributed by atoms with E-state index in [1.54, 1.807) is 30.5 Å². The Morgan fingerprint density at radius 3 is 2.16 bits per heavy atom. The molecule has 0 radical (unpaired) electrons. The van der Waals surface area contributed by atoms with Gasteiger partial charge in [0.15, 0.2) is 0 Å². The van der Waals surface area contributed by atoms with Crippen molar-refractivity contribution in [1.82, 2.24) is 20.9 Å². The summed E-state index contributed by atoms with van der Waals surface area (Å²) in [4.78, 5) is 52.6. The van der Waals surface area contributed by atoms with E-state index in [1.807, 2.05) is 30.3 Å². The van der Waals surface area contributed by atoms with Gasteiger partial charge < -0.3 is 36.9 Å². The third-order valence-corrected chi connectivity index (χ3v) is 5.91. The number of hydrogen-bond donors (Lipinski definition) is 7. The maximum Gasteiger partial charge on any atom is 0.325 e. The van der Waals surface area contributed by atoms with Gasteiger partial charge in [-0.05, 0) is 30.5 Å². The second kappa shape index (κ2) is 12.7. The number of benzene rings is 2. The van der Waals surface area contributed by atoms with Crippen LogP contribution in [-0.2, 0) is 32.0 Å². The number of hydrogen-bond acceptors (Lipinski definition) is 6. The van der Waals surface area contributed by atoms with Crippen LogP contribution in [0.25, 0.3) is 10.9 Å². The Hall–Kier alpha value is -4.22. The highest BCUT2D eigenvalue weighted by Gasteiger charge is 2.29. The predicted molar refractivity (Wildman–Crippen MR) is 136 cm³/mol. The number of carboxylic acids is 1. The first-order valence-electron chi connectivity index (χ1n) is 11.8. The van der Waals surface area contributed by atoms with Crippen LogP contribution in [0.4, 0.5) is 0 Å². The summed E-state index contributed by atoms with van der Waals surface area (Å²) in [5.74, 6) is -3.43. The molecule has 0 aliphatic rings. The number of carbonyl (C=O) groups is 4. The van der Waals surface area contributed by atoms with E-state index in [9.17, 15) is 24.3 Å². The van der Waals surface area contributed by atoms with Crippen LogP contribution in [0.2, 0.25) is 0 Å². The van der Waals surface area contributed by atoms with Gasteiger partial charge >= 0.3 is 5.97 Å². The first-order chi connectivity index (χ1) is 17.7. The minimum atomic E-state index is -1.41. The predicted octanol–water partition coefficient (Wildman–Crippen LogP) is -0.168. The van der Waals surface area contributed by atoms with Crippen LogP contribution >= 0.6 is 0 Å². The second-order valence-corrected chi connectivity index (χ2v) is 8.73. The number of H-pyrrole nitrogens is 1. The molecule has 2 aromatic carbocycles. The van der Waals surface area contributed by atoms with Gasteiger partial charge in [-0.3, -0.25) is 19.2 Å². The second-order valence-electron chi connectivity index (χ2n) is 8.73. The van der Waals surface area contributed by atoms with Crippen molar-refractivity contribution in [3.8, 4) is 0 Å². The molecule has 0 aliphatic carbocycles. The summed E-state index contributed by atoms with van der Waals surface area (Å²) >= 11 is 0. The van der Waals surface area contributed by atoms with Gasteiger partial charge in [-0.15, -0.1) is 0 Å². The van der Waals surface area contributed by atoms with Crippen LogP contribution in [0.1, 0.15) is 18.1 Å². The molecule has 3 amide bonds. The molecule has 0 aliphatic heterocycles. The monoisotopic (exact) mass is 509 g/mol. The summed E-state index contributed by atoms with van der Waals surface area (Å²) in [7, 11) is 0. The van der Waals surface area contributed by atoms with Crippen molar-refractivity contribution < 1.29 is 29.4 Å². The zero-order valence-corrected chi connectivity index (χ0v) is 20.3. The standard InChI is InChI=1S/C26H31N5O6/c1-15(26(36)37)29-25(35)22(14-32)31-24(34)21(11-16-7-3-2-4-8-16)30-23(33)19(27)12-17-13-28-20-10-6-5-9-18(17)20/h2-10,13,15,19,21-22,28,32H,11-12,14,27H2,1H3,(H,29,35)(H,30,33)(H,31,34)(H,36,37). The molecule has 11 nitrogen and oxygen atoms in total. The van der Waals surface area contributed by atoms with Crippen molar-refractivity contribution in [3.05, 3.63) is 71.9 Å². The number of nitrogens with one attached hydrogen (secondary N) is 4. The lowest BCUT2D eigenvalue weighted by atomic mass is 10.0. The molecule has 37 heavy (non-hydrogen) atoms. The van der Waals surface area contributed by atoms with E-state index in [4.69, 9.17) is 10.8 Å². The van der Waals surface area contributed by atoms with Gasteiger partial charge in [0.05, 0.1) is 12.6 Å². The molecule has 0 saturated heterocycles.